The van der Waals surface area contributed by atoms with Crippen LogP contribution in [-0.4, -0.2) is 63.1 Å². The molecule has 0 radical (unpaired) electrons. The van der Waals surface area contributed by atoms with Crippen molar-refractivity contribution in [1.82, 2.24) is 10.6 Å². The smallest absolute Gasteiger partial charge is 0.407 e. The number of benzene rings is 2. The van der Waals surface area contributed by atoms with Gasteiger partial charge in [0.25, 0.3) is 5.91 Å². The number of amides is 2. The fraction of sp³-hybridized carbons (Fsp3) is 0.391. The highest BCUT2D eigenvalue weighted by Crippen LogP contribution is 2.30. The summed E-state index contributed by atoms with van der Waals surface area (Å²) in [5.41, 5.74) is -0.760. The third kappa shape index (κ3) is 6.56. The molecule has 0 spiro atoms. The minimum Gasteiger partial charge on any atom is -0.447 e. The number of ether oxygens (including phenoxy) is 1. The Morgan fingerprint density at radius 1 is 1.14 bits per heavy atom. The summed E-state index contributed by atoms with van der Waals surface area (Å²) < 4.78 is 86.6. The van der Waals surface area contributed by atoms with E-state index in [1.807, 2.05) is 0 Å². The lowest BCUT2D eigenvalue weighted by Crippen LogP contribution is -2.53. The molecular formula is C23H25F4N3O6S. The maximum Gasteiger partial charge on any atom is 0.407 e. The molecule has 0 bridgehead atoms. The average molecular weight is 548 g/mol. The third-order valence-corrected chi connectivity index (χ3v) is 8.17. The second kappa shape index (κ2) is 11.9. The van der Waals surface area contributed by atoms with E-state index < -0.39 is 72.9 Å². The predicted molar refractivity (Wildman–Crippen MR) is 124 cm³/mol. The number of hydrogen-bond acceptors (Lipinski definition) is 7. The van der Waals surface area contributed by atoms with Crippen molar-refractivity contribution < 1.29 is 45.4 Å². The topological polar surface area (TPSA) is 134 Å². The molecule has 1 heterocycles. The summed E-state index contributed by atoms with van der Waals surface area (Å²) in [4.78, 5) is 23.7. The van der Waals surface area contributed by atoms with Crippen LogP contribution in [0.3, 0.4) is 0 Å². The number of aliphatic hydroxyl groups excluding tert-OH is 1. The molecule has 0 aromatic heterocycles. The van der Waals surface area contributed by atoms with E-state index in [0.717, 1.165) is 18.2 Å². The van der Waals surface area contributed by atoms with Crippen LogP contribution in [0.2, 0.25) is 0 Å². The van der Waals surface area contributed by atoms with E-state index in [1.54, 1.807) is 6.92 Å². The SMILES string of the molecule is CC(NC(=O)OCCO)C1CCNCC1S(=O)(=O)c1cc(C(=O)Nc2cc(F)c(F)c(F)c2)ccc1F. The molecule has 0 aliphatic carbocycles. The molecule has 2 amide bonds. The number of rotatable bonds is 8. The fourth-order valence-corrected chi connectivity index (χ4v) is 6.22. The van der Waals surface area contributed by atoms with E-state index in [-0.39, 0.29) is 25.3 Å². The highest BCUT2D eigenvalue weighted by Gasteiger charge is 2.41. The Kier molecular flexibility index (Phi) is 9.10. The normalized spacial score (nSPS) is 18.6. The van der Waals surface area contributed by atoms with Crippen molar-refractivity contribution in [3.63, 3.8) is 0 Å². The molecule has 1 aliphatic heterocycles. The van der Waals surface area contributed by atoms with Crippen molar-refractivity contribution in [3.05, 3.63) is 59.2 Å². The number of anilines is 1. The second-order valence-electron chi connectivity index (χ2n) is 8.39. The fourth-order valence-electron chi connectivity index (χ4n) is 4.09. The number of nitrogens with one attached hydrogen (secondary N) is 3. The Hall–Kier alpha value is -3.23. The van der Waals surface area contributed by atoms with Gasteiger partial charge in [-0.3, -0.25) is 4.79 Å². The number of piperidine rings is 1. The van der Waals surface area contributed by atoms with E-state index in [1.165, 1.54) is 0 Å². The number of carbonyl (C=O) groups is 2. The van der Waals surface area contributed by atoms with Crippen LogP contribution in [0.25, 0.3) is 0 Å². The van der Waals surface area contributed by atoms with Gasteiger partial charge in [-0.15, -0.1) is 0 Å². The van der Waals surface area contributed by atoms with Crippen molar-refractivity contribution in [2.45, 2.75) is 29.5 Å². The maximum absolute atomic E-state index is 14.8. The van der Waals surface area contributed by atoms with Gasteiger partial charge in [0.2, 0.25) is 0 Å². The minimum atomic E-state index is -4.41. The summed E-state index contributed by atoms with van der Waals surface area (Å²) in [6.07, 6.45) is -0.538. The quantitative estimate of drug-likeness (QED) is 0.295. The number of aliphatic hydroxyl groups is 1. The molecule has 3 rings (SSSR count). The van der Waals surface area contributed by atoms with Crippen molar-refractivity contribution in [3.8, 4) is 0 Å². The van der Waals surface area contributed by atoms with Crippen molar-refractivity contribution >= 4 is 27.5 Å². The van der Waals surface area contributed by atoms with Gasteiger partial charge in [-0.05, 0) is 44.0 Å². The average Bonchev–Trinajstić information content (AvgIpc) is 2.86. The van der Waals surface area contributed by atoms with Crippen LogP contribution in [0.5, 0.6) is 0 Å². The van der Waals surface area contributed by atoms with E-state index in [4.69, 9.17) is 9.84 Å². The molecule has 9 nitrogen and oxygen atoms in total. The van der Waals surface area contributed by atoms with Crippen LogP contribution in [0.15, 0.2) is 35.2 Å². The second-order valence-corrected chi connectivity index (χ2v) is 10.5. The molecule has 1 aliphatic rings. The Morgan fingerprint density at radius 2 is 1.81 bits per heavy atom. The zero-order valence-corrected chi connectivity index (χ0v) is 20.4. The Morgan fingerprint density at radius 3 is 2.46 bits per heavy atom. The molecule has 1 saturated heterocycles. The molecule has 4 N–H and O–H groups in total. The number of hydrogen-bond donors (Lipinski definition) is 4. The molecule has 202 valence electrons. The van der Waals surface area contributed by atoms with Gasteiger partial charge in [0.15, 0.2) is 27.3 Å². The maximum atomic E-state index is 14.8. The monoisotopic (exact) mass is 547 g/mol. The van der Waals surface area contributed by atoms with Crippen LogP contribution < -0.4 is 16.0 Å². The van der Waals surface area contributed by atoms with E-state index in [0.29, 0.717) is 25.1 Å². The lowest BCUT2D eigenvalue weighted by molar-refractivity contribution is 0.102. The number of alkyl carbamates (subject to hydrolysis) is 1. The first kappa shape index (κ1) is 28.3. The van der Waals surface area contributed by atoms with Gasteiger partial charge in [0.05, 0.1) is 11.9 Å². The summed E-state index contributed by atoms with van der Waals surface area (Å²) in [5, 5.41) is 15.1. The zero-order valence-electron chi connectivity index (χ0n) is 19.6. The van der Waals surface area contributed by atoms with Gasteiger partial charge in [-0.25, -0.2) is 30.8 Å². The van der Waals surface area contributed by atoms with E-state index in [9.17, 15) is 35.6 Å². The zero-order chi connectivity index (χ0) is 27.3. The first-order valence-electron chi connectivity index (χ1n) is 11.2. The third-order valence-electron chi connectivity index (χ3n) is 5.93. The summed E-state index contributed by atoms with van der Waals surface area (Å²) in [6, 6.07) is 2.93. The van der Waals surface area contributed by atoms with Gasteiger partial charge in [0, 0.05) is 36.0 Å². The summed E-state index contributed by atoms with van der Waals surface area (Å²) in [7, 11) is -4.41. The van der Waals surface area contributed by atoms with Gasteiger partial charge >= 0.3 is 6.09 Å². The number of carbonyl (C=O) groups excluding carboxylic acids is 2. The summed E-state index contributed by atoms with van der Waals surface area (Å²) in [6.45, 7) is 1.31. The van der Waals surface area contributed by atoms with E-state index >= 15 is 0 Å². The Balaban J connectivity index is 1.86. The van der Waals surface area contributed by atoms with E-state index in [2.05, 4.69) is 16.0 Å². The molecule has 3 atom stereocenters. The number of sulfone groups is 1. The predicted octanol–water partition coefficient (Wildman–Crippen LogP) is 2.35. The molecule has 1 fully saturated rings. The van der Waals surface area contributed by atoms with Gasteiger partial charge in [-0.1, -0.05) is 0 Å². The molecule has 3 unspecified atom stereocenters. The highest BCUT2D eigenvalue weighted by atomic mass is 32.2. The van der Waals surface area contributed by atoms with Crippen molar-refractivity contribution in [2.75, 3.05) is 31.6 Å². The standard InChI is InChI=1S/C23H25F4N3O6S/c1-12(29-23(33)36-7-6-31)15-4-5-28-11-20(15)37(34,35)19-8-13(2-3-16(19)24)22(32)30-14-9-17(25)21(27)18(26)10-14/h2-3,8-10,12,15,20,28,31H,4-7,11H2,1H3,(H,29,33)(H,30,32). The van der Waals surface area contributed by atoms with Gasteiger partial charge in [-0.2, -0.15) is 0 Å². The van der Waals surface area contributed by atoms with Crippen molar-refractivity contribution in [1.29, 1.82) is 0 Å². The van der Waals surface area contributed by atoms with Gasteiger partial charge < -0.3 is 25.8 Å². The largest absolute Gasteiger partial charge is 0.447 e. The highest BCUT2D eigenvalue weighted by molar-refractivity contribution is 7.92. The van der Waals surface area contributed by atoms with Crippen LogP contribution >= 0.6 is 0 Å². The van der Waals surface area contributed by atoms with Gasteiger partial charge in [0.1, 0.15) is 17.3 Å². The number of halogens is 4. The lowest BCUT2D eigenvalue weighted by Gasteiger charge is -2.35. The minimum absolute atomic E-state index is 0.0608. The molecule has 14 heteroatoms. The Labute approximate surface area is 210 Å². The molecular weight excluding hydrogens is 522 g/mol. The molecule has 37 heavy (non-hydrogen) atoms. The van der Waals surface area contributed by atoms with Crippen LogP contribution in [0.4, 0.5) is 28.0 Å². The van der Waals surface area contributed by atoms with Crippen LogP contribution in [0.1, 0.15) is 23.7 Å². The van der Waals surface area contributed by atoms with Crippen molar-refractivity contribution in [2.24, 2.45) is 5.92 Å². The first-order valence-corrected chi connectivity index (χ1v) is 12.7. The molecule has 2 aromatic rings. The lowest BCUT2D eigenvalue weighted by atomic mass is 9.91. The molecule has 0 saturated carbocycles. The van der Waals surface area contributed by atoms with Crippen LogP contribution in [-0.2, 0) is 14.6 Å². The summed E-state index contributed by atoms with van der Waals surface area (Å²) in [5.74, 6) is -7.61. The molecule has 2 aromatic carbocycles. The first-order chi connectivity index (χ1) is 17.4. The summed E-state index contributed by atoms with van der Waals surface area (Å²) >= 11 is 0. The Bertz CT molecular complexity index is 1250. The van der Waals surface area contributed by atoms with Crippen LogP contribution in [0, 0.1) is 29.2 Å².